The number of hydrogen-bond acceptors (Lipinski definition) is 6. The number of nitrogens with zero attached hydrogens (tertiary/aromatic N) is 3. The molecule has 36 heavy (non-hydrogen) atoms. The summed E-state index contributed by atoms with van der Waals surface area (Å²) in [6, 6.07) is 22.6. The van der Waals surface area contributed by atoms with E-state index in [1.165, 1.54) is 17.3 Å². The number of hydrogen-bond donors (Lipinski definition) is 1. The van der Waals surface area contributed by atoms with Gasteiger partial charge < -0.3 is 10.1 Å². The largest absolute Gasteiger partial charge is 0.497 e. The Kier molecular flexibility index (Phi) is 6.86. The molecule has 2 heterocycles. The summed E-state index contributed by atoms with van der Waals surface area (Å²) in [6.45, 7) is 2.42. The van der Waals surface area contributed by atoms with Gasteiger partial charge in [0.05, 0.1) is 19.2 Å². The number of aryl methyl sites for hydroxylation is 1. The maximum atomic E-state index is 13.4. The molecule has 0 saturated carbocycles. The quantitative estimate of drug-likeness (QED) is 0.516. The molecule has 3 aromatic carbocycles. The van der Waals surface area contributed by atoms with Gasteiger partial charge in [0.1, 0.15) is 17.6 Å². The maximum Gasteiger partial charge on any atom is 0.259 e. The molecule has 1 atom stereocenters. The van der Waals surface area contributed by atoms with Crippen LogP contribution in [0.5, 0.6) is 5.75 Å². The Hall–Kier alpha value is -3.91. The van der Waals surface area contributed by atoms with Gasteiger partial charge in [-0.15, -0.1) is 0 Å². The molecule has 2 aliphatic rings. The van der Waals surface area contributed by atoms with Crippen molar-refractivity contribution in [3.8, 4) is 5.75 Å². The van der Waals surface area contributed by atoms with Gasteiger partial charge in [-0.3, -0.25) is 14.6 Å². The summed E-state index contributed by atoms with van der Waals surface area (Å²) in [4.78, 5) is 37.1. The number of nitrogens with one attached hydrogen (secondary N) is 1. The number of fused-ring (bicyclic) bond motifs is 3. The van der Waals surface area contributed by atoms with E-state index in [2.05, 4.69) is 41.5 Å². The van der Waals surface area contributed by atoms with Crippen molar-refractivity contribution in [1.29, 1.82) is 0 Å². The third-order valence-corrected chi connectivity index (χ3v) is 7.07. The van der Waals surface area contributed by atoms with Crippen LogP contribution in [0.1, 0.15) is 28.7 Å². The number of benzene rings is 3. The van der Waals surface area contributed by atoms with Crippen molar-refractivity contribution >= 4 is 40.3 Å². The van der Waals surface area contributed by atoms with E-state index in [0.717, 1.165) is 28.1 Å². The Labute approximate surface area is 214 Å². The summed E-state index contributed by atoms with van der Waals surface area (Å²) in [6.07, 6.45) is -0.0208. The molecule has 0 bridgehead atoms. The summed E-state index contributed by atoms with van der Waals surface area (Å²) in [5.74, 6) is 1.53. The topological polar surface area (TPSA) is 83.4 Å². The van der Waals surface area contributed by atoms with E-state index in [4.69, 9.17) is 9.73 Å². The first-order valence-electron chi connectivity index (χ1n) is 11.7. The number of ether oxygens (including phenoxy) is 1. The first-order valence-corrected chi connectivity index (χ1v) is 12.7. The Morgan fingerprint density at radius 1 is 1.03 bits per heavy atom. The van der Waals surface area contributed by atoms with Gasteiger partial charge in [0.2, 0.25) is 5.91 Å². The van der Waals surface area contributed by atoms with Crippen LogP contribution in [-0.2, 0) is 21.9 Å². The van der Waals surface area contributed by atoms with Crippen molar-refractivity contribution in [2.75, 3.05) is 7.11 Å². The van der Waals surface area contributed by atoms with Gasteiger partial charge >= 0.3 is 0 Å². The maximum absolute atomic E-state index is 13.4. The number of carbonyl (C=O) groups is 2. The number of amidine groups is 2. The molecular weight excluding hydrogens is 472 g/mol. The van der Waals surface area contributed by atoms with Crippen molar-refractivity contribution in [3.05, 3.63) is 95.1 Å². The molecule has 2 aliphatic heterocycles. The number of methoxy groups -OCH3 is 1. The van der Waals surface area contributed by atoms with E-state index in [0.29, 0.717) is 23.3 Å². The van der Waals surface area contributed by atoms with Crippen LogP contribution >= 0.6 is 11.8 Å². The highest BCUT2D eigenvalue weighted by Crippen LogP contribution is 2.34. The highest BCUT2D eigenvalue weighted by Gasteiger charge is 2.42. The molecule has 3 aromatic rings. The molecule has 5 rings (SSSR count). The van der Waals surface area contributed by atoms with Gasteiger partial charge in [-0.2, -0.15) is 0 Å². The van der Waals surface area contributed by atoms with Crippen molar-refractivity contribution in [3.63, 3.8) is 0 Å². The Balaban J connectivity index is 1.30. The minimum atomic E-state index is -0.785. The van der Waals surface area contributed by atoms with E-state index in [1.807, 2.05) is 48.5 Å². The van der Waals surface area contributed by atoms with Crippen LogP contribution in [0.15, 0.2) is 82.8 Å². The van der Waals surface area contributed by atoms with Gasteiger partial charge in [-0.05, 0) is 42.3 Å². The third kappa shape index (κ3) is 5.04. The SMILES string of the molecule is COc1ccc(CNC(=O)C[C@@H]2N=C3c4ccccc4N=C(SCc4ccc(C)cc4)N3C2=O)cc1. The summed E-state index contributed by atoms with van der Waals surface area (Å²) in [5, 5.41) is 3.47. The van der Waals surface area contributed by atoms with Crippen LogP contribution in [0.4, 0.5) is 5.69 Å². The number of aliphatic imine (C=N–C) groups is 2. The Morgan fingerprint density at radius 3 is 2.50 bits per heavy atom. The molecule has 0 radical (unpaired) electrons. The Morgan fingerprint density at radius 2 is 1.75 bits per heavy atom. The summed E-state index contributed by atoms with van der Waals surface area (Å²) in [5.41, 5.74) is 4.86. The highest BCUT2D eigenvalue weighted by atomic mass is 32.2. The molecule has 1 N–H and O–H groups in total. The van der Waals surface area contributed by atoms with Crippen molar-refractivity contribution in [2.24, 2.45) is 9.98 Å². The summed E-state index contributed by atoms with van der Waals surface area (Å²) >= 11 is 1.49. The number of carbonyl (C=O) groups excluding carboxylic acids is 2. The number of rotatable bonds is 7. The minimum absolute atomic E-state index is 0.0208. The second kappa shape index (κ2) is 10.4. The highest BCUT2D eigenvalue weighted by molar-refractivity contribution is 8.13. The van der Waals surface area contributed by atoms with E-state index in [9.17, 15) is 9.59 Å². The minimum Gasteiger partial charge on any atom is -0.497 e. The fraction of sp³-hybridized carbons (Fsp3) is 0.214. The van der Waals surface area contributed by atoms with Crippen LogP contribution in [0, 0.1) is 6.92 Å². The lowest BCUT2D eigenvalue weighted by molar-refractivity contribution is -0.128. The van der Waals surface area contributed by atoms with E-state index < -0.39 is 6.04 Å². The first-order chi connectivity index (χ1) is 17.5. The van der Waals surface area contributed by atoms with Crippen LogP contribution < -0.4 is 10.1 Å². The fourth-order valence-electron chi connectivity index (χ4n) is 4.06. The molecule has 7 nitrogen and oxygen atoms in total. The molecular formula is C28H26N4O3S. The molecule has 0 fully saturated rings. The molecule has 0 aliphatic carbocycles. The van der Waals surface area contributed by atoms with Crippen molar-refractivity contribution in [2.45, 2.75) is 31.7 Å². The van der Waals surface area contributed by atoms with Gasteiger partial charge in [0, 0.05) is 17.9 Å². The van der Waals surface area contributed by atoms with Gasteiger partial charge in [-0.1, -0.05) is 65.9 Å². The molecule has 8 heteroatoms. The standard InChI is InChI=1S/C28H26N4O3S/c1-18-7-9-20(10-8-18)17-36-28-31-23-6-4-3-5-22(23)26-30-24(27(34)32(26)28)15-25(33)29-16-19-11-13-21(35-2)14-12-19/h3-14,24H,15-17H2,1-2H3,(H,29,33)/t24-/m0/s1. The van der Waals surface area contributed by atoms with Crippen LogP contribution in [0.2, 0.25) is 0 Å². The second-order valence-corrected chi connectivity index (χ2v) is 9.60. The molecule has 0 unspecified atom stereocenters. The van der Waals surface area contributed by atoms with Gasteiger partial charge in [0.15, 0.2) is 5.17 Å². The predicted octanol–water partition coefficient (Wildman–Crippen LogP) is 4.60. The number of amides is 2. The molecule has 182 valence electrons. The van der Waals surface area contributed by atoms with E-state index in [1.54, 1.807) is 12.0 Å². The smallest absolute Gasteiger partial charge is 0.259 e. The second-order valence-electron chi connectivity index (χ2n) is 8.66. The predicted molar refractivity (Wildman–Crippen MR) is 143 cm³/mol. The van der Waals surface area contributed by atoms with Crippen LogP contribution in [-0.4, -0.2) is 40.9 Å². The lowest BCUT2D eigenvalue weighted by Crippen LogP contribution is -2.42. The average Bonchev–Trinajstić information content (AvgIpc) is 3.23. The molecule has 0 saturated heterocycles. The lowest BCUT2D eigenvalue weighted by Gasteiger charge is -2.25. The lowest BCUT2D eigenvalue weighted by atomic mass is 10.1. The van der Waals surface area contributed by atoms with Crippen molar-refractivity contribution in [1.82, 2.24) is 10.2 Å². The summed E-state index contributed by atoms with van der Waals surface area (Å²) in [7, 11) is 1.61. The number of para-hydroxylation sites is 1. The van der Waals surface area contributed by atoms with Gasteiger partial charge in [-0.25, -0.2) is 9.89 Å². The molecule has 0 aromatic heterocycles. The van der Waals surface area contributed by atoms with E-state index >= 15 is 0 Å². The monoisotopic (exact) mass is 498 g/mol. The third-order valence-electron chi connectivity index (χ3n) is 6.06. The van der Waals surface area contributed by atoms with Crippen LogP contribution in [0.3, 0.4) is 0 Å². The zero-order chi connectivity index (χ0) is 25.1. The normalized spacial score (nSPS) is 16.1. The van der Waals surface area contributed by atoms with E-state index in [-0.39, 0.29) is 18.2 Å². The first kappa shape index (κ1) is 23.8. The average molecular weight is 499 g/mol. The zero-order valence-corrected chi connectivity index (χ0v) is 20.9. The molecule has 0 spiro atoms. The summed E-state index contributed by atoms with van der Waals surface area (Å²) < 4.78 is 5.17. The zero-order valence-electron chi connectivity index (χ0n) is 20.1. The molecule has 2 amide bonds. The van der Waals surface area contributed by atoms with Gasteiger partial charge in [0.25, 0.3) is 5.91 Å². The fourth-order valence-corrected chi connectivity index (χ4v) is 5.01. The number of thioether (sulfide) groups is 1. The van der Waals surface area contributed by atoms with Crippen LogP contribution in [0.25, 0.3) is 0 Å². The van der Waals surface area contributed by atoms with Crippen molar-refractivity contribution < 1.29 is 14.3 Å². The Bertz CT molecular complexity index is 1350.